The lowest BCUT2D eigenvalue weighted by atomic mass is 10.0. The number of benzene rings is 1. The number of carbonyl (C=O) groups is 1. The van der Waals surface area contributed by atoms with E-state index in [0.29, 0.717) is 24.8 Å². The average Bonchev–Trinajstić information content (AvgIpc) is 2.89. The van der Waals surface area contributed by atoms with Crippen LogP contribution in [0.2, 0.25) is 0 Å². The molecule has 2 rings (SSSR count). The molecule has 0 unspecified atom stereocenters. The molecule has 2 aromatic rings. The molecular formula is C16H24ClN5O. The first-order valence-electron chi connectivity index (χ1n) is 7.55. The number of aromatic nitrogens is 3. The lowest BCUT2D eigenvalue weighted by molar-refractivity contribution is 0.0943. The molecule has 0 fully saturated rings. The maximum absolute atomic E-state index is 12.0. The number of hydrogen-bond acceptors (Lipinski definition) is 4. The van der Waals surface area contributed by atoms with Crippen LogP contribution in [0.3, 0.4) is 0 Å². The van der Waals surface area contributed by atoms with Gasteiger partial charge in [0.15, 0.2) is 0 Å². The van der Waals surface area contributed by atoms with E-state index in [1.165, 1.54) is 5.56 Å². The summed E-state index contributed by atoms with van der Waals surface area (Å²) in [6.07, 6.45) is 0.738. The third-order valence-corrected chi connectivity index (χ3v) is 3.43. The number of carbonyl (C=O) groups excluding carboxylic acids is 1. The second-order valence-corrected chi connectivity index (χ2v) is 5.51. The predicted molar refractivity (Wildman–Crippen MR) is 93.4 cm³/mol. The highest BCUT2D eigenvalue weighted by molar-refractivity contribution is 5.90. The van der Waals surface area contributed by atoms with Gasteiger partial charge in [0.05, 0.1) is 5.69 Å². The monoisotopic (exact) mass is 337 g/mol. The molecule has 0 atom stereocenters. The molecular weight excluding hydrogens is 314 g/mol. The molecule has 126 valence electrons. The van der Waals surface area contributed by atoms with E-state index >= 15 is 0 Å². The molecule has 1 aromatic carbocycles. The zero-order chi connectivity index (χ0) is 16.1. The molecule has 6 nitrogen and oxygen atoms in total. The van der Waals surface area contributed by atoms with Crippen LogP contribution in [-0.2, 0) is 0 Å². The summed E-state index contributed by atoms with van der Waals surface area (Å²) in [5.41, 5.74) is 7.55. The Morgan fingerprint density at radius 2 is 2.04 bits per heavy atom. The quantitative estimate of drug-likeness (QED) is 0.791. The zero-order valence-corrected chi connectivity index (χ0v) is 14.6. The fraction of sp³-hybridized carbons (Fsp3) is 0.438. The van der Waals surface area contributed by atoms with E-state index < -0.39 is 0 Å². The molecule has 0 radical (unpaired) electrons. The standard InChI is InChI=1S/C16H23N5O.ClH/c1-11(2)13-7-4-5-8-14(13)21-12(3)19-15(20-21)16(22)18-10-6-9-17;/h4-5,7-8,11H,6,9-10,17H2,1-3H3,(H,18,22);1H. The van der Waals surface area contributed by atoms with E-state index in [2.05, 4.69) is 35.3 Å². The van der Waals surface area contributed by atoms with Gasteiger partial charge >= 0.3 is 0 Å². The minimum atomic E-state index is -0.266. The molecule has 1 aromatic heterocycles. The highest BCUT2D eigenvalue weighted by Crippen LogP contribution is 2.23. The molecule has 0 aliphatic rings. The van der Waals surface area contributed by atoms with Crippen molar-refractivity contribution in [3.8, 4) is 5.69 Å². The summed E-state index contributed by atoms with van der Waals surface area (Å²) in [6, 6.07) is 8.03. The summed E-state index contributed by atoms with van der Waals surface area (Å²) in [4.78, 5) is 16.3. The van der Waals surface area contributed by atoms with Crippen molar-refractivity contribution in [3.05, 3.63) is 41.5 Å². The number of nitrogens with one attached hydrogen (secondary N) is 1. The van der Waals surface area contributed by atoms with Crippen LogP contribution in [-0.4, -0.2) is 33.8 Å². The molecule has 0 spiro atoms. The van der Waals surface area contributed by atoms with Crippen molar-refractivity contribution in [3.63, 3.8) is 0 Å². The Labute approximate surface area is 142 Å². The van der Waals surface area contributed by atoms with Crippen molar-refractivity contribution in [1.29, 1.82) is 0 Å². The fourth-order valence-electron chi connectivity index (χ4n) is 2.27. The highest BCUT2D eigenvalue weighted by atomic mass is 35.5. The average molecular weight is 338 g/mol. The van der Waals surface area contributed by atoms with E-state index in [-0.39, 0.29) is 24.1 Å². The number of aryl methyl sites for hydroxylation is 1. The molecule has 7 heteroatoms. The predicted octanol–water partition coefficient (Wildman–Crippen LogP) is 2.20. The lowest BCUT2D eigenvalue weighted by Gasteiger charge is -2.12. The van der Waals surface area contributed by atoms with Crippen molar-refractivity contribution in [2.45, 2.75) is 33.1 Å². The van der Waals surface area contributed by atoms with Gasteiger partial charge in [0.2, 0.25) is 5.82 Å². The van der Waals surface area contributed by atoms with Crippen LogP contribution in [0.4, 0.5) is 0 Å². The van der Waals surface area contributed by atoms with Crippen molar-refractivity contribution < 1.29 is 4.79 Å². The van der Waals surface area contributed by atoms with Crippen LogP contribution in [0.5, 0.6) is 0 Å². The second-order valence-electron chi connectivity index (χ2n) is 5.51. The Morgan fingerprint density at radius 3 is 2.70 bits per heavy atom. The first kappa shape index (κ1) is 19.1. The Hall–Kier alpha value is -1.92. The normalized spacial score (nSPS) is 10.5. The van der Waals surface area contributed by atoms with E-state index in [1.807, 2.05) is 25.1 Å². The van der Waals surface area contributed by atoms with Crippen molar-refractivity contribution in [2.75, 3.05) is 13.1 Å². The Balaban J connectivity index is 0.00000264. The summed E-state index contributed by atoms with van der Waals surface area (Å²) in [5, 5.41) is 7.14. The van der Waals surface area contributed by atoms with Gasteiger partial charge in [-0.3, -0.25) is 4.79 Å². The van der Waals surface area contributed by atoms with E-state index in [4.69, 9.17) is 5.73 Å². The van der Waals surface area contributed by atoms with Crippen LogP contribution < -0.4 is 11.1 Å². The highest BCUT2D eigenvalue weighted by Gasteiger charge is 2.17. The molecule has 3 N–H and O–H groups in total. The molecule has 1 amide bonds. The van der Waals surface area contributed by atoms with Gasteiger partial charge in [0, 0.05) is 6.54 Å². The van der Waals surface area contributed by atoms with Gasteiger partial charge in [-0.05, 0) is 37.4 Å². The molecule has 0 bridgehead atoms. The third kappa shape index (κ3) is 4.53. The van der Waals surface area contributed by atoms with Gasteiger partial charge in [0.25, 0.3) is 5.91 Å². The second kappa shape index (κ2) is 8.64. The molecule has 0 saturated carbocycles. The first-order valence-corrected chi connectivity index (χ1v) is 7.55. The van der Waals surface area contributed by atoms with Crippen molar-refractivity contribution in [2.24, 2.45) is 5.73 Å². The fourth-order valence-corrected chi connectivity index (χ4v) is 2.27. The molecule has 0 aliphatic heterocycles. The smallest absolute Gasteiger partial charge is 0.290 e. The van der Waals surface area contributed by atoms with Crippen molar-refractivity contribution >= 4 is 18.3 Å². The van der Waals surface area contributed by atoms with E-state index in [0.717, 1.165) is 12.1 Å². The molecule has 23 heavy (non-hydrogen) atoms. The van der Waals surface area contributed by atoms with Gasteiger partial charge < -0.3 is 11.1 Å². The number of para-hydroxylation sites is 1. The summed E-state index contributed by atoms with van der Waals surface area (Å²) >= 11 is 0. The summed E-state index contributed by atoms with van der Waals surface area (Å²) < 4.78 is 1.73. The van der Waals surface area contributed by atoms with E-state index in [9.17, 15) is 4.79 Å². The molecule has 0 aliphatic carbocycles. The molecule has 1 heterocycles. The number of hydrogen-bond donors (Lipinski definition) is 2. The SMILES string of the molecule is Cc1nc(C(=O)NCCCN)nn1-c1ccccc1C(C)C.Cl. The van der Waals surface area contributed by atoms with Crippen LogP contribution >= 0.6 is 12.4 Å². The maximum atomic E-state index is 12.0. The Morgan fingerprint density at radius 1 is 1.35 bits per heavy atom. The summed E-state index contributed by atoms with van der Waals surface area (Å²) in [7, 11) is 0. The minimum Gasteiger partial charge on any atom is -0.349 e. The number of nitrogens with zero attached hydrogens (tertiary/aromatic N) is 3. The number of rotatable bonds is 6. The Kier molecular flexibility index (Phi) is 7.19. The van der Waals surface area contributed by atoms with Crippen LogP contribution in [0.1, 0.15) is 48.2 Å². The van der Waals surface area contributed by atoms with Gasteiger partial charge in [-0.15, -0.1) is 17.5 Å². The summed E-state index contributed by atoms with van der Waals surface area (Å²) in [5.74, 6) is 0.976. The van der Waals surface area contributed by atoms with Crippen molar-refractivity contribution in [1.82, 2.24) is 20.1 Å². The Bertz CT molecular complexity index is 654. The lowest BCUT2D eigenvalue weighted by Crippen LogP contribution is -2.27. The van der Waals surface area contributed by atoms with Gasteiger partial charge in [0.1, 0.15) is 5.82 Å². The van der Waals surface area contributed by atoms with Crippen LogP contribution in [0.25, 0.3) is 5.69 Å². The number of halogens is 1. The van der Waals surface area contributed by atoms with E-state index in [1.54, 1.807) is 4.68 Å². The van der Waals surface area contributed by atoms with Crippen LogP contribution in [0.15, 0.2) is 24.3 Å². The topological polar surface area (TPSA) is 85.8 Å². The third-order valence-electron chi connectivity index (χ3n) is 3.43. The minimum absolute atomic E-state index is 0. The van der Waals surface area contributed by atoms with Crippen LogP contribution in [0, 0.1) is 6.92 Å². The summed E-state index contributed by atoms with van der Waals surface area (Å²) in [6.45, 7) is 7.19. The molecule has 0 saturated heterocycles. The van der Waals surface area contributed by atoms with Gasteiger partial charge in [-0.1, -0.05) is 32.0 Å². The largest absolute Gasteiger partial charge is 0.349 e. The first-order chi connectivity index (χ1) is 10.5. The zero-order valence-electron chi connectivity index (χ0n) is 13.7. The number of nitrogens with two attached hydrogens (primary N) is 1. The number of amides is 1. The van der Waals surface area contributed by atoms with Gasteiger partial charge in [-0.25, -0.2) is 9.67 Å². The maximum Gasteiger partial charge on any atom is 0.290 e. The van der Waals surface area contributed by atoms with Gasteiger partial charge in [-0.2, -0.15) is 0 Å².